The standard InChI is InChI=1S/C43H69N13O18/c1-20(2)14-27(49-31(59)17-45)40(70)53-25(8-11-32(60)61)38(68)54-28(15-22-18-47-19-48-22)41(71)55-29(16-34(64)65)42(72)50-23(6-4-5-13-44)36(66)51-24(7-10-30(46)58)37(67)52-26(9-12-33(62)63)39(69)56-35(21(3)57)43(73)74/h18-21,23-29,35,57H,4-17,44-45H2,1-3H3,(H2,46,58)(H,47,48)(H,49,59)(H,50,72)(H,51,66)(H,52,67)(H,53,70)(H,54,68)(H,55,71)(H,56,69)(H,60,61)(H,62,63)(H,64,65)(H,73,74)/t21-,23+,24+,25+,26+,27+,28+,29+,35+/m1/s1. The van der Waals surface area contributed by atoms with Crippen molar-refractivity contribution >= 4 is 77.0 Å². The van der Waals surface area contributed by atoms with Crippen molar-refractivity contribution in [2.45, 2.75) is 152 Å². The van der Waals surface area contributed by atoms with Gasteiger partial charge >= 0.3 is 23.9 Å². The number of nitrogens with zero attached hydrogens (tertiary/aromatic N) is 1. The van der Waals surface area contributed by atoms with Gasteiger partial charge in [0, 0.05) is 37.6 Å². The molecule has 9 atom stereocenters. The van der Waals surface area contributed by atoms with Gasteiger partial charge in [0.15, 0.2) is 6.04 Å². The molecule has 1 aromatic rings. The van der Waals surface area contributed by atoms with Crippen molar-refractivity contribution in [1.82, 2.24) is 52.5 Å². The molecule has 1 rings (SSSR count). The summed E-state index contributed by atoms with van der Waals surface area (Å²) in [7, 11) is 0. The molecule has 0 aliphatic heterocycles. The highest BCUT2D eigenvalue weighted by atomic mass is 16.4. The van der Waals surface area contributed by atoms with Gasteiger partial charge in [-0.1, -0.05) is 13.8 Å². The molecule has 20 N–H and O–H groups in total. The fraction of sp³-hybridized carbons (Fsp3) is 0.628. The zero-order valence-electron chi connectivity index (χ0n) is 41.1. The maximum Gasteiger partial charge on any atom is 0.328 e. The molecule has 31 nitrogen and oxygen atoms in total. The summed E-state index contributed by atoms with van der Waals surface area (Å²) in [4.78, 5) is 173. The van der Waals surface area contributed by atoms with E-state index in [2.05, 4.69) is 47.2 Å². The third-order valence-corrected chi connectivity index (χ3v) is 10.7. The minimum Gasteiger partial charge on any atom is -0.481 e. The number of hydrogen-bond donors (Lipinski definition) is 17. The summed E-state index contributed by atoms with van der Waals surface area (Å²) in [5, 5.41) is 66.1. The van der Waals surface area contributed by atoms with Crippen LogP contribution in [0, 0.1) is 5.92 Å². The van der Waals surface area contributed by atoms with Crippen LogP contribution in [0.1, 0.15) is 97.1 Å². The molecule has 0 aliphatic rings. The van der Waals surface area contributed by atoms with Gasteiger partial charge < -0.3 is 90.3 Å². The molecular formula is C43H69N13O18. The molecule has 1 aromatic heterocycles. The van der Waals surface area contributed by atoms with Gasteiger partial charge in [-0.05, 0) is 64.3 Å². The van der Waals surface area contributed by atoms with Crippen LogP contribution in [0.2, 0.25) is 0 Å². The zero-order valence-corrected chi connectivity index (χ0v) is 41.1. The quantitative estimate of drug-likeness (QED) is 0.0276. The first-order chi connectivity index (χ1) is 34.7. The summed E-state index contributed by atoms with van der Waals surface area (Å²) in [5.41, 5.74) is 16.5. The predicted molar refractivity (Wildman–Crippen MR) is 253 cm³/mol. The average molecular weight is 1060 g/mol. The lowest BCUT2D eigenvalue weighted by Crippen LogP contribution is -2.61. The molecule has 0 saturated carbocycles. The number of carboxylic acid groups (broad SMARTS) is 4. The van der Waals surface area contributed by atoms with Crippen LogP contribution in [0.25, 0.3) is 0 Å². The van der Waals surface area contributed by atoms with Crippen molar-refractivity contribution in [3.8, 4) is 0 Å². The van der Waals surface area contributed by atoms with Crippen molar-refractivity contribution in [3.05, 3.63) is 18.2 Å². The molecular weight excluding hydrogens is 987 g/mol. The predicted octanol–water partition coefficient (Wildman–Crippen LogP) is -6.10. The second-order valence-electron chi connectivity index (χ2n) is 17.4. The van der Waals surface area contributed by atoms with Crippen LogP contribution in [0.3, 0.4) is 0 Å². The summed E-state index contributed by atoms with van der Waals surface area (Å²) in [5.74, 6) is -16.1. The van der Waals surface area contributed by atoms with E-state index in [0.717, 1.165) is 6.92 Å². The van der Waals surface area contributed by atoms with Gasteiger partial charge in [-0.2, -0.15) is 0 Å². The Morgan fingerprint density at radius 3 is 1.39 bits per heavy atom. The summed E-state index contributed by atoms with van der Waals surface area (Å²) >= 11 is 0. The summed E-state index contributed by atoms with van der Waals surface area (Å²) in [6.07, 6.45) is -4.22. The highest BCUT2D eigenvalue weighted by Gasteiger charge is 2.36. The number of aliphatic hydroxyl groups excluding tert-OH is 1. The number of nitrogens with two attached hydrogens (primary N) is 3. The van der Waals surface area contributed by atoms with Gasteiger partial charge in [-0.3, -0.25) is 57.5 Å². The first-order valence-electron chi connectivity index (χ1n) is 23.3. The van der Waals surface area contributed by atoms with Crippen LogP contribution < -0.4 is 59.7 Å². The first kappa shape index (κ1) is 64.2. The normalized spacial score (nSPS) is 14.6. The number of aromatic nitrogens is 2. The van der Waals surface area contributed by atoms with Crippen LogP contribution in [0.4, 0.5) is 0 Å². The highest BCUT2D eigenvalue weighted by molar-refractivity contribution is 5.99. The number of primary amides is 1. The topological polar surface area (TPSA) is 526 Å². The monoisotopic (exact) mass is 1060 g/mol. The second kappa shape index (κ2) is 33.0. The van der Waals surface area contributed by atoms with E-state index in [9.17, 15) is 87.9 Å². The molecule has 0 saturated heterocycles. The van der Waals surface area contributed by atoms with Crippen molar-refractivity contribution in [2.75, 3.05) is 13.1 Å². The Hall–Kier alpha value is -7.80. The van der Waals surface area contributed by atoms with Gasteiger partial charge in [0.25, 0.3) is 0 Å². The van der Waals surface area contributed by atoms with Gasteiger partial charge in [0.1, 0.15) is 42.3 Å². The Kier molecular flexibility index (Phi) is 28.7. The van der Waals surface area contributed by atoms with Crippen molar-refractivity contribution in [3.63, 3.8) is 0 Å². The Morgan fingerprint density at radius 2 is 0.986 bits per heavy atom. The number of carbonyl (C=O) groups is 13. The number of imidazole rings is 1. The fourth-order valence-electron chi connectivity index (χ4n) is 6.83. The maximum absolute atomic E-state index is 14.1. The molecule has 0 spiro atoms. The zero-order chi connectivity index (χ0) is 56.2. The molecule has 31 heteroatoms. The van der Waals surface area contributed by atoms with E-state index in [1.54, 1.807) is 13.8 Å². The highest BCUT2D eigenvalue weighted by Crippen LogP contribution is 2.11. The minimum atomic E-state index is -2.02. The van der Waals surface area contributed by atoms with E-state index in [1.165, 1.54) is 12.5 Å². The smallest absolute Gasteiger partial charge is 0.328 e. The van der Waals surface area contributed by atoms with Gasteiger partial charge in [0.2, 0.25) is 53.2 Å². The van der Waals surface area contributed by atoms with Crippen LogP contribution in [-0.4, -0.2) is 180 Å². The van der Waals surface area contributed by atoms with Crippen molar-refractivity contribution in [2.24, 2.45) is 23.1 Å². The van der Waals surface area contributed by atoms with Gasteiger partial charge in [-0.15, -0.1) is 0 Å². The van der Waals surface area contributed by atoms with Crippen LogP contribution in [0.5, 0.6) is 0 Å². The average Bonchev–Trinajstić information content (AvgIpc) is 3.83. The SMILES string of the molecule is CC(C)C[C@H](NC(=O)CN)C(=O)N[C@@H](CCC(=O)O)C(=O)N[C@@H](Cc1cnc[nH]1)C(=O)N[C@@H](CC(=O)O)C(=O)N[C@@H](CCCCN)C(=O)N[C@@H](CCC(N)=O)C(=O)N[C@@H](CCC(=O)O)C(=O)N[C@H](C(=O)O)[C@@H](C)O. The Bertz CT molecular complexity index is 2120. The number of carboxylic acids is 4. The van der Waals surface area contributed by atoms with Crippen molar-refractivity contribution in [1.29, 1.82) is 0 Å². The number of nitrogens with one attached hydrogen (secondary N) is 9. The first-order valence-corrected chi connectivity index (χ1v) is 23.3. The number of unbranched alkanes of at least 4 members (excludes halogenated alkanes) is 1. The fourth-order valence-corrected chi connectivity index (χ4v) is 6.83. The number of aliphatic carboxylic acids is 4. The molecule has 74 heavy (non-hydrogen) atoms. The lowest BCUT2D eigenvalue weighted by Gasteiger charge is -2.28. The molecule has 0 fully saturated rings. The molecule has 414 valence electrons. The number of rotatable bonds is 37. The second-order valence-corrected chi connectivity index (χ2v) is 17.4. The van der Waals surface area contributed by atoms with E-state index in [1.807, 2.05) is 5.32 Å². The van der Waals surface area contributed by atoms with Gasteiger partial charge in [0.05, 0.1) is 25.4 Å². The van der Waals surface area contributed by atoms with Crippen LogP contribution in [-0.2, 0) is 68.7 Å². The Labute approximate surface area is 423 Å². The Morgan fingerprint density at radius 1 is 0.554 bits per heavy atom. The number of hydrogen-bond acceptors (Lipinski definition) is 17. The molecule has 0 aliphatic carbocycles. The Balaban J connectivity index is 3.61. The molecule has 1 heterocycles. The van der Waals surface area contributed by atoms with Crippen LogP contribution in [0.15, 0.2) is 12.5 Å². The largest absolute Gasteiger partial charge is 0.481 e. The maximum atomic E-state index is 14.1. The lowest BCUT2D eigenvalue weighted by atomic mass is 10.0. The number of aromatic amines is 1. The molecule has 9 amide bonds. The molecule has 0 unspecified atom stereocenters. The van der Waals surface area contributed by atoms with Gasteiger partial charge in [-0.25, -0.2) is 9.78 Å². The van der Waals surface area contributed by atoms with E-state index in [0.29, 0.717) is 0 Å². The van der Waals surface area contributed by atoms with Crippen LogP contribution >= 0.6 is 0 Å². The number of carbonyl (C=O) groups excluding carboxylic acids is 9. The molecule has 0 radical (unpaired) electrons. The summed E-state index contributed by atoms with van der Waals surface area (Å²) in [6.45, 7) is 4.12. The minimum absolute atomic E-state index is 0.0737. The van der Waals surface area contributed by atoms with E-state index >= 15 is 0 Å². The number of aliphatic hydroxyl groups is 1. The van der Waals surface area contributed by atoms with E-state index < -0.39 is 189 Å². The number of H-pyrrole nitrogens is 1. The number of amides is 9. The third-order valence-electron chi connectivity index (χ3n) is 10.7. The third kappa shape index (κ3) is 25.0. The van der Waals surface area contributed by atoms with Crippen molar-refractivity contribution < 1.29 is 87.9 Å². The molecule has 0 aromatic carbocycles. The summed E-state index contributed by atoms with van der Waals surface area (Å²) < 4.78 is 0. The summed E-state index contributed by atoms with van der Waals surface area (Å²) in [6, 6.07) is -13.7. The molecule has 0 bridgehead atoms. The van der Waals surface area contributed by atoms with E-state index in [-0.39, 0.29) is 43.8 Å². The lowest BCUT2D eigenvalue weighted by molar-refractivity contribution is -0.145. The van der Waals surface area contributed by atoms with E-state index in [4.69, 9.17) is 17.2 Å².